The summed E-state index contributed by atoms with van der Waals surface area (Å²) >= 11 is 0. The third-order valence-corrected chi connectivity index (χ3v) is 3.99. The molecule has 0 fully saturated rings. The molecule has 1 aromatic heterocycles. The summed E-state index contributed by atoms with van der Waals surface area (Å²) in [5, 5.41) is 2.99. The molecule has 0 spiro atoms. The van der Waals surface area contributed by atoms with Crippen molar-refractivity contribution in [2.75, 3.05) is 4.90 Å². The molecule has 4 nitrogen and oxygen atoms in total. The van der Waals surface area contributed by atoms with Crippen molar-refractivity contribution in [3.05, 3.63) is 103 Å². The highest BCUT2D eigenvalue weighted by Crippen LogP contribution is 2.25. The minimum Gasteiger partial charge on any atom is -0.332 e. The average Bonchev–Trinajstić information content (AvgIpc) is 2.69. The molecule has 0 bridgehead atoms. The number of rotatable bonds is 6. The molecule has 3 aromatic rings. The van der Waals surface area contributed by atoms with E-state index in [2.05, 4.69) is 16.9 Å². The summed E-state index contributed by atoms with van der Waals surface area (Å²) in [6, 6.07) is 22.9. The first kappa shape index (κ1) is 17.4. The summed E-state index contributed by atoms with van der Waals surface area (Å²) in [5.74, 6) is 0. The first-order chi connectivity index (χ1) is 12.8. The van der Waals surface area contributed by atoms with E-state index < -0.39 is 0 Å². The Labute approximate surface area is 153 Å². The average molecular weight is 343 g/mol. The van der Waals surface area contributed by atoms with Crippen LogP contribution in [-0.2, 0) is 13.0 Å². The standard InChI is InChI=1S/C22H21N3O/c1-2-10-18-11-9-16-23-21(18)17-24-22(26)25(19-12-5-3-6-13-19)20-14-7-4-8-15-20/h2-9,11-16H,1,10,17H2,(H,24,26). The van der Waals surface area contributed by atoms with Crippen LogP contribution in [0.15, 0.2) is 91.6 Å². The Balaban J connectivity index is 1.82. The van der Waals surface area contributed by atoms with Crippen molar-refractivity contribution in [1.82, 2.24) is 10.3 Å². The smallest absolute Gasteiger partial charge is 0.326 e. The van der Waals surface area contributed by atoms with Crippen molar-refractivity contribution in [2.45, 2.75) is 13.0 Å². The molecule has 26 heavy (non-hydrogen) atoms. The van der Waals surface area contributed by atoms with Gasteiger partial charge in [0.25, 0.3) is 0 Å². The Morgan fingerprint density at radius 1 is 0.962 bits per heavy atom. The van der Waals surface area contributed by atoms with Crippen LogP contribution in [0.25, 0.3) is 0 Å². The number of aromatic nitrogens is 1. The number of hydrogen-bond donors (Lipinski definition) is 1. The van der Waals surface area contributed by atoms with Crippen LogP contribution in [0.5, 0.6) is 0 Å². The number of anilines is 2. The first-order valence-electron chi connectivity index (χ1n) is 8.51. The van der Waals surface area contributed by atoms with Gasteiger partial charge in [0.1, 0.15) is 0 Å². The molecule has 0 saturated carbocycles. The quantitative estimate of drug-likeness (QED) is 0.650. The fourth-order valence-electron chi connectivity index (χ4n) is 2.75. The van der Waals surface area contributed by atoms with Crippen LogP contribution in [0.4, 0.5) is 16.2 Å². The molecular formula is C22H21N3O. The zero-order valence-electron chi connectivity index (χ0n) is 14.5. The lowest BCUT2D eigenvalue weighted by Crippen LogP contribution is -2.36. The Morgan fingerprint density at radius 2 is 1.58 bits per heavy atom. The van der Waals surface area contributed by atoms with Gasteiger partial charge >= 0.3 is 6.03 Å². The van der Waals surface area contributed by atoms with Gasteiger partial charge in [-0.25, -0.2) is 4.79 Å². The van der Waals surface area contributed by atoms with Gasteiger partial charge in [-0.05, 0) is 42.3 Å². The molecule has 1 heterocycles. The second-order valence-corrected chi connectivity index (χ2v) is 5.77. The van der Waals surface area contributed by atoms with Gasteiger partial charge in [0.05, 0.1) is 23.6 Å². The molecule has 2 aromatic carbocycles. The van der Waals surface area contributed by atoms with Crippen molar-refractivity contribution < 1.29 is 4.79 Å². The summed E-state index contributed by atoms with van der Waals surface area (Å²) in [7, 11) is 0. The molecule has 0 aliphatic rings. The van der Waals surface area contributed by atoms with Crippen molar-refractivity contribution in [3.8, 4) is 0 Å². The second kappa shape index (κ2) is 8.62. The molecular weight excluding hydrogens is 322 g/mol. The number of pyridine rings is 1. The third-order valence-electron chi connectivity index (χ3n) is 3.99. The largest absolute Gasteiger partial charge is 0.332 e. The normalized spacial score (nSPS) is 10.2. The van der Waals surface area contributed by atoms with Crippen LogP contribution >= 0.6 is 0 Å². The maximum Gasteiger partial charge on any atom is 0.326 e. The molecule has 4 heteroatoms. The maximum absolute atomic E-state index is 13.0. The Bertz CT molecular complexity index is 823. The number of amides is 2. The van der Waals surface area contributed by atoms with Gasteiger partial charge in [-0.15, -0.1) is 6.58 Å². The fraction of sp³-hybridized carbons (Fsp3) is 0.0909. The number of para-hydroxylation sites is 2. The second-order valence-electron chi connectivity index (χ2n) is 5.77. The third kappa shape index (κ3) is 4.16. The number of allylic oxidation sites excluding steroid dienone is 1. The van der Waals surface area contributed by atoms with E-state index in [0.29, 0.717) is 6.54 Å². The lowest BCUT2D eigenvalue weighted by molar-refractivity contribution is 0.248. The van der Waals surface area contributed by atoms with Crippen LogP contribution < -0.4 is 10.2 Å². The Morgan fingerprint density at radius 3 is 2.15 bits per heavy atom. The molecule has 0 aliphatic carbocycles. The predicted molar refractivity (Wildman–Crippen MR) is 105 cm³/mol. The topological polar surface area (TPSA) is 45.2 Å². The van der Waals surface area contributed by atoms with Crippen molar-refractivity contribution in [1.29, 1.82) is 0 Å². The van der Waals surface area contributed by atoms with Crippen molar-refractivity contribution in [2.24, 2.45) is 0 Å². The highest BCUT2D eigenvalue weighted by molar-refractivity contribution is 5.99. The Kier molecular flexibility index (Phi) is 5.78. The monoisotopic (exact) mass is 343 g/mol. The SMILES string of the molecule is C=CCc1cccnc1CNC(=O)N(c1ccccc1)c1ccccc1. The zero-order chi connectivity index (χ0) is 18.2. The van der Waals surface area contributed by atoms with Crippen LogP contribution in [-0.4, -0.2) is 11.0 Å². The lowest BCUT2D eigenvalue weighted by Gasteiger charge is -2.23. The highest BCUT2D eigenvalue weighted by Gasteiger charge is 2.17. The molecule has 130 valence electrons. The fourth-order valence-corrected chi connectivity index (χ4v) is 2.75. The van der Waals surface area contributed by atoms with Gasteiger partial charge in [-0.3, -0.25) is 9.88 Å². The van der Waals surface area contributed by atoms with E-state index in [9.17, 15) is 4.79 Å². The van der Waals surface area contributed by atoms with Gasteiger partial charge in [0.2, 0.25) is 0 Å². The minimum absolute atomic E-state index is 0.197. The van der Waals surface area contributed by atoms with Crippen LogP contribution in [0.2, 0.25) is 0 Å². The molecule has 1 N–H and O–H groups in total. The van der Waals surface area contributed by atoms with E-state index in [1.54, 1.807) is 11.1 Å². The van der Waals surface area contributed by atoms with Gasteiger partial charge in [-0.2, -0.15) is 0 Å². The summed E-state index contributed by atoms with van der Waals surface area (Å²) < 4.78 is 0. The van der Waals surface area contributed by atoms with Gasteiger partial charge < -0.3 is 5.32 Å². The van der Waals surface area contributed by atoms with E-state index in [-0.39, 0.29) is 6.03 Å². The number of hydrogen-bond acceptors (Lipinski definition) is 2. The maximum atomic E-state index is 13.0. The molecule has 0 radical (unpaired) electrons. The Hall–Kier alpha value is -3.40. The molecule has 3 rings (SSSR count). The number of carbonyl (C=O) groups excluding carboxylic acids is 1. The van der Waals surface area contributed by atoms with E-state index in [1.165, 1.54) is 0 Å². The van der Waals surface area contributed by atoms with Crippen LogP contribution in [0.3, 0.4) is 0 Å². The van der Waals surface area contributed by atoms with E-state index in [4.69, 9.17) is 0 Å². The number of nitrogens with one attached hydrogen (secondary N) is 1. The van der Waals surface area contributed by atoms with E-state index >= 15 is 0 Å². The number of nitrogens with zero attached hydrogens (tertiary/aromatic N) is 2. The molecule has 2 amide bonds. The van der Waals surface area contributed by atoms with Crippen LogP contribution in [0.1, 0.15) is 11.3 Å². The molecule has 0 atom stereocenters. The summed E-state index contributed by atoms with van der Waals surface area (Å²) in [5.41, 5.74) is 3.53. The molecule has 0 aliphatic heterocycles. The number of urea groups is 1. The number of benzene rings is 2. The van der Waals surface area contributed by atoms with E-state index in [1.807, 2.05) is 78.9 Å². The highest BCUT2D eigenvalue weighted by atomic mass is 16.2. The molecule has 0 unspecified atom stereocenters. The summed E-state index contributed by atoms with van der Waals surface area (Å²) in [6.07, 6.45) is 4.29. The summed E-state index contributed by atoms with van der Waals surface area (Å²) in [6.45, 7) is 4.14. The minimum atomic E-state index is -0.197. The first-order valence-corrected chi connectivity index (χ1v) is 8.51. The lowest BCUT2D eigenvalue weighted by atomic mass is 10.1. The van der Waals surface area contributed by atoms with Crippen LogP contribution in [0, 0.1) is 0 Å². The van der Waals surface area contributed by atoms with Gasteiger partial charge in [-0.1, -0.05) is 48.5 Å². The van der Waals surface area contributed by atoms with Crippen molar-refractivity contribution in [3.63, 3.8) is 0 Å². The zero-order valence-corrected chi connectivity index (χ0v) is 14.5. The summed E-state index contributed by atoms with van der Waals surface area (Å²) in [4.78, 5) is 19.0. The number of carbonyl (C=O) groups is 1. The van der Waals surface area contributed by atoms with Crippen molar-refractivity contribution >= 4 is 17.4 Å². The van der Waals surface area contributed by atoms with E-state index in [0.717, 1.165) is 29.1 Å². The predicted octanol–water partition coefficient (Wildman–Crippen LogP) is 4.86. The van der Waals surface area contributed by atoms with Gasteiger partial charge in [0.15, 0.2) is 0 Å². The molecule has 0 saturated heterocycles. The van der Waals surface area contributed by atoms with Gasteiger partial charge in [0, 0.05) is 6.20 Å².